The molecule has 8 heteroatoms. The lowest BCUT2D eigenvalue weighted by atomic mass is 9.82. The molecule has 31 rings (SSSR count). The van der Waals surface area contributed by atoms with Crippen LogP contribution in [0.1, 0.15) is 74.9 Å². The van der Waals surface area contributed by atoms with Crippen molar-refractivity contribution in [3.05, 3.63) is 482 Å². The molecule has 145 heavy (non-hydrogen) atoms. The van der Waals surface area contributed by atoms with E-state index in [4.69, 9.17) is 9.97 Å². The van der Waals surface area contributed by atoms with E-state index in [1.807, 2.05) is 0 Å². The molecule has 28 aromatic rings. The number of rotatable bonds is 11. The molecule has 0 saturated heterocycles. The molecule has 0 bridgehead atoms. The molecule has 0 saturated carbocycles. The molecule has 3 aliphatic carbocycles. The Labute approximate surface area is 836 Å². The van der Waals surface area contributed by atoms with Crippen molar-refractivity contribution in [2.24, 2.45) is 0 Å². The normalized spacial score (nSPS) is 13.8. The molecule has 680 valence electrons. The fraction of sp³-hybridized carbons (Fsp3) is 0.0657. The highest BCUT2D eigenvalue weighted by Crippen LogP contribution is 2.55. The smallest absolute Gasteiger partial charge is 0.160 e. The Balaban J connectivity index is 0.533. The van der Waals surface area contributed by atoms with Crippen molar-refractivity contribution in [1.29, 1.82) is 0 Å². The molecule has 0 atom stereocenters. The van der Waals surface area contributed by atoms with Gasteiger partial charge in [0, 0.05) is 132 Å². The summed E-state index contributed by atoms with van der Waals surface area (Å²) in [5.41, 5.74) is 46.7. The average Bonchev–Trinajstić information content (AvgIpc) is 1.57. The second-order valence-corrected chi connectivity index (χ2v) is 41.9. The zero-order chi connectivity index (χ0) is 95.9. The van der Waals surface area contributed by atoms with Gasteiger partial charge in [-0.15, -0.1) is 0 Å². The number of benzene rings is 21. The van der Waals surface area contributed by atoms with Gasteiger partial charge in [0.15, 0.2) is 5.82 Å². The maximum absolute atomic E-state index is 5.85. The summed E-state index contributed by atoms with van der Waals surface area (Å²) >= 11 is 0. The highest BCUT2D eigenvalue weighted by atomic mass is 15.0. The zero-order valence-electron chi connectivity index (χ0n) is 80.8. The lowest BCUT2D eigenvalue weighted by Crippen LogP contribution is -2.15. The van der Waals surface area contributed by atoms with Crippen molar-refractivity contribution in [3.63, 3.8) is 0 Å². The van der Waals surface area contributed by atoms with Gasteiger partial charge in [-0.2, -0.15) is 0 Å². The van der Waals surface area contributed by atoms with Crippen molar-refractivity contribution in [2.45, 2.75) is 57.8 Å². The third kappa shape index (κ3) is 11.6. The van der Waals surface area contributed by atoms with Crippen LogP contribution in [-0.4, -0.2) is 37.4 Å². The van der Waals surface area contributed by atoms with Crippen LogP contribution in [0.4, 0.5) is 0 Å². The first kappa shape index (κ1) is 81.6. The predicted molar refractivity (Wildman–Crippen MR) is 605 cm³/mol. The molecule has 0 amide bonds. The third-order valence-electron chi connectivity index (χ3n) is 33.2. The molecule has 7 aromatic heterocycles. The van der Waals surface area contributed by atoms with Crippen LogP contribution in [0.25, 0.3) is 265 Å². The van der Waals surface area contributed by atoms with Crippen LogP contribution in [-0.2, 0) is 16.2 Å². The summed E-state index contributed by atoms with van der Waals surface area (Å²) in [5.74, 6) is 0.637. The summed E-state index contributed by atoms with van der Waals surface area (Å²) in [7, 11) is 0. The van der Waals surface area contributed by atoms with Crippen LogP contribution in [0, 0.1) is 0 Å². The highest BCUT2D eigenvalue weighted by molar-refractivity contribution is 6.18. The number of para-hydroxylation sites is 6. The van der Waals surface area contributed by atoms with Gasteiger partial charge < -0.3 is 27.4 Å². The average molecular weight is 1850 g/mol. The summed E-state index contributed by atoms with van der Waals surface area (Å²) in [6, 6.07) is 169. The minimum atomic E-state index is -0.134. The molecule has 0 N–H and O–H groups in total. The standard InChI is InChI=1S/C137H92N8/c1-135(2)114-34-16-7-25-95(114)98-64-57-92(78-117(98)135)142-124-40-22-13-31-104(124)110-71-83(50-68-127(110)142)86-47-61-107-101-28-10-19-37-121(101)140(130(107)74-86)89-53-43-81(44-54-89)133-113-77-91(145-123-39-21-12-30-103(123)109-63-49-88(76-132(109)145)85-52-70-129-112(73-85)106-33-15-24-42-126(106)144(129)94-59-66-100-97-27-9-18-36-116(97)137(5,6)119(100)80-94)60-67-120(113)138-134(139-133)82-45-55-90(56-46-82)141-122-38-20-11-29-102(122)108-62-48-87(75-131(108)141)84-51-69-128-111(72-84)105-32-14-23-41-125(105)143(128)93-58-65-99-96-26-8-17-35-115(96)136(3,4)118(99)79-93/h7-80H,1-6H3. The maximum atomic E-state index is 5.85. The first-order chi connectivity index (χ1) is 71.1. The molecule has 0 unspecified atom stereocenters. The van der Waals surface area contributed by atoms with Crippen LogP contribution < -0.4 is 0 Å². The summed E-state index contributed by atoms with van der Waals surface area (Å²) < 4.78 is 14.7. The van der Waals surface area contributed by atoms with E-state index in [0.29, 0.717) is 5.82 Å². The Morgan fingerprint density at radius 1 is 0.152 bits per heavy atom. The molecule has 0 spiro atoms. The van der Waals surface area contributed by atoms with Crippen LogP contribution in [0.3, 0.4) is 0 Å². The molecule has 8 nitrogen and oxygen atoms in total. The molecule has 3 aliphatic rings. The number of fused-ring (bicyclic) bond motifs is 28. The molecule has 7 heterocycles. The largest absolute Gasteiger partial charge is 0.309 e. The summed E-state index contributed by atoms with van der Waals surface area (Å²) in [6.45, 7) is 14.2. The summed E-state index contributed by atoms with van der Waals surface area (Å²) in [4.78, 5) is 11.5. The maximum Gasteiger partial charge on any atom is 0.160 e. The molecule has 0 fully saturated rings. The van der Waals surface area contributed by atoms with Gasteiger partial charge >= 0.3 is 0 Å². The first-order valence-corrected chi connectivity index (χ1v) is 50.6. The van der Waals surface area contributed by atoms with Gasteiger partial charge in [-0.1, -0.05) is 308 Å². The number of hydrogen-bond acceptors (Lipinski definition) is 2. The number of aromatic nitrogens is 8. The fourth-order valence-corrected chi connectivity index (χ4v) is 26.2. The molecule has 0 radical (unpaired) electrons. The Morgan fingerprint density at radius 2 is 0.393 bits per heavy atom. The number of nitrogens with zero attached hydrogens (tertiary/aromatic N) is 8. The monoisotopic (exact) mass is 1850 g/mol. The van der Waals surface area contributed by atoms with Crippen molar-refractivity contribution in [3.8, 4) is 124 Å². The fourth-order valence-electron chi connectivity index (χ4n) is 26.2. The van der Waals surface area contributed by atoms with Crippen molar-refractivity contribution >= 4 is 142 Å². The Hall–Kier alpha value is -18.2. The van der Waals surface area contributed by atoms with Crippen LogP contribution in [0.2, 0.25) is 0 Å². The predicted octanol–water partition coefficient (Wildman–Crippen LogP) is 35.5. The van der Waals surface area contributed by atoms with Crippen molar-refractivity contribution in [1.82, 2.24) is 37.4 Å². The Kier molecular flexibility index (Phi) is 16.8. The van der Waals surface area contributed by atoms with Crippen molar-refractivity contribution < 1.29 is 0 Å². The van der Waals surface area contributed by atoms with E-state index < -0.39 is 0 Å². The van der Waals surface area contributed by atoms with E-state index in [1.54, 1.807) is 0 Å². The number of hydrogen-bond donors (Lipinski definition) is 0. The van der Waals surface area contributed by atoms with E-state index in [1.165, 1.54) is 182 Å². The van der Waals surface area contributed by atoms with Gasteiger partial charge in [0.05, 0.1) is 77.4 Å². The SMILES string of the molecule is CC1(C)c2ccccc2-c2ccc(-n3c4ccccc4c4cc(-c5ccc6c7ccccc7n(-c7ccc(-c8nc(-c9ccc(-n%10c%11ccccc%11c%11ccc(-c%12ccc%13c(c%12)c%12ccccc%12n%13-c%12ccc%13c(c%12)C(C)(C)c%12ccccc%12-%13)cc%11%10)cc9)c9cc(-n%10c%11ccccc%11c%11ccc(-c%12ccc%13c(c%12)c%12ccccc%12n%13-c%12ccc%13c(c%12)C(C)(C)c%12ccccc%12-%13)cc%11%10)ccc9n8)cc7)c6c5)ccc43)cc21. The molecular weight excluding hydrogens is 1760 g/mol. The van der Waals surface area contributed by atoms with E-state index in [2.05, 4.69) is 518 Å². The minimum Gasteiger partial charge on any atom is -0.309 e. The summed E-state index contributed by atoms with van der Waals surface area (Å²) in [5, 5.41) is 15.4. The van der Waals surface area contributed by atoms with Gasteiger partial charge in [-0.05, 0) is 282 Å². The second kappa shape index (κ2) is 29.9. The van der Waals surface area contributed by atoms with Gasteiger partial charge in [-0.3, -0.25) is 0 Å². The Bertz CT molecular complexity index is 10600. The minimum absolute atomic E-state index is 0.125. The van der Waals surface area contributed by atoms with E-state index in [0.717, 1.165) is 111 Å². The lowest BCUT2D eigenvalue weighted by Gasteiger charge is -2.22. The van der Waals surface area contributed by atoms with Crippen LogP contribution in [0.5, 0.6) is 0 Å². The molecular formula is C137H92N8. The van der Waals surface area contributed by atoms with Crippen molar-refractivity contribution in [2.75, 3.05) is 0 Å². The summed E-state index contributed by atoms with van der Waals surface area (Å²) in [6.07, 6.45) is 0. The van der Waals surface area contributed by atoms with Gasteiger partial charge in [0.1, 0.15) is 0 Å². The second-order valence-electron chi connectivity index (χ2n) is 41.9. The van der Waals surface area contributed by atoms with Crippen LogP contribution in [0.15, 0.2) is 449 Å². The third-order valence-corrected chi connectivity index (χ3v) is 33.2. The topological polar surface area (TPSA) is 55.4 Å². The van der Waals surface area contributed by atoms with Crippen LogP contribution >= 0.6 is 0 Å². The molecule has 0 aliphatic heterocycles. The first-order valence-electron chi connectivity index (χ1n) is 50.6. The lowest BCUT2D eigenvalue weighted by molar-refractivity contribution is 0.660. The van der Waals surface area contributed by atoms with Gasteiger partial charge in [-0.25, -0.2) is 9.97 Å². The molecule has 21 aromatic carbocycles. The van der Waals surface area contributed by atoms with E-state index >= 15 is 0 Å². The van der Waals surface area contributed by atoms with Gasteiger partial charge in [0.2, 0.25) is 0 Å². The quantitative estimate of drug-likeness (QED) is 0.130. The Morgan fingerprint density at radius 3 is 0.745 bits per heavy atom. The van der Waals surface area contributed by atoms with E-state index in [9.17, 15) is 0 Å². The van der Waals surface area contributed by atoms with Gasteiger partial charge in [0.25, 0.3) is 0 Å². The zero-order valence-corrected chi connectivity index (χ0v) is 80.8. The highest BCUT2D eigenvalue weighted by Gasteiger charge is 2.40. The van der Waals surface area contributed by atoms with E-state index in [-0.39, 0.29) is 16.2 Å².